The van der Waals surface area contributed by atoms with E-state index in [-0.39, 0.29) is 5.91 Å². The third-order valence-corrected chi connectivity index (χ3v) is 3.42. The van der Waals surface area contributed by atoms with Crippen molar-refractivity contribution in [2.75, 3.05) is 11.9 Å². The Morgan fingerprint density at radius 1 is 1.33 bits per heavy atom. The van der Waals surface area contributed by atoms with E-state index in [2.05, 4.69) is 17.6 Å². The van der Waals surface area contributed by atoms with Crippen molar-refractivity contribution in [3.8, 4) is 0 Å². The molecule has 1 aliphatic rings. The van der Waals surface area contributed by atoms with Gasteiger partial charge in [-0.25, -0.2) is 0 Å². The van der Waals surface area contributed by atoms with Crippen LogP contribution in [0.25, 0.3) is 0 Å². The predicted molar refractivity (Wildman–Crippen MR) is 74.5 cm³/mol. The van der Waals surface area contributed by atoms with E-state index < -0.39 is 0 Å². The Morgan fingerprint density at radius 2 is 2.06 bits per heavy atom. The quantitative estimate of drug-likeness (QED) is 0.776. The summed E-state index contributed by atoms with van der Waals surface area (Å²) < 4.78 is 0. The average molecular weight is 246 g/mol. The third kappa shape index (κ3) is 4.49. The summed E-state index contributed by atoms with van der Waals surface area (Å²) in [5.74, 6) is 0.940. The highest BCUT2D eigenvalue weighted by Gasteiger charge is 2.24. The van der Waals surface area contributed by atoms with Crippen molar-refractivity contribution in [2.24, 2.45) is 5.92 Å². The van der Waals surface area contributed by atoms with Crippen molar-refractivity contribution in [1.29, 1.82) is 0 Å². The highest BCUT2D eigenvalue weighted by atomic mass is 16.1. The molecule has 0 heterocycles. The van der Waals surface area contributed by atoms with Gasteiger partial charge >= 0.3 is 0 Å². The largest absolute Gasteiger partial charge is 0.325 e. The maximum atomic E-state index is 11.8. The summed E-state index contributed by atoms with van der Waals surface area (Å²) in [6, 6.07) is 10.1. The van der Waals surface area contributed by atoms with Crippen molar-refractivity contribution in [3.05, 3.63) is 30.3 Å². The first-order valence-electron chi connectivity index (χ1n) is 6.86. The molecule has 0 saturated heterocycles. The number of para-hydroxylation sites is 1. The summed E-state index contributed by atoms with van der Waals surface area (Å²) in [5.41, 5.74) is 0.861. The Kier molecular flexibility index (Phi) is 4.76. The molecule has 1 amide bonds. The number of hydrogen-bond donors (Lipinski definition) is 2. The van der Waals surface area contributed by atoms with Crippen LogP contribution in [0.5, 0.6) is 0 Å². The molecule has 1 fully saturated rings. The van der Waals surface area contributed by atoms with Crippen LogP contribution < -0.4 is 10.6 Å². The molecule has 0 spiro atoms. The molecule has 2 N–H and O–H groups in total. The molecule has 1 atom stereocenters. The number of amides is 1. The summed E-state index contributed by atoms with van der Waals surface area (Å²) in [6.07, 6.45) is 5.05. The smallest absolute Gasteiger partial charge is 0.238 e. The molecule has 1 saturated carbocycles. The molecule has 1 unspecified atom stereocenters. The second kappa shape index (κ2) is 6.55. The van der Waals surface area contributed by atoms with E-state index in [9.17, 15) is 4.79 Å². The summed E-state index contributed by atoms with van der Waals surface area (Å²) >= 11 is 0. The van der Waals surface area contributed by atoms with Gasteiger partial charge in [-0.1, -0.05) is 38.0 Å². The molecule has 0 aromatic heterocycles. The fraction of sp³-hybridized carbons (Fsp3) is 0.533. The van der Waals surface area contributed by atoms with Crippen molar-refractivity contribution >= 4 is 11.6 Å². The standard InChI is InChI=1S/C15H22N2O/c1-2-13(10-12-8-9-12)16-11-15(18)17-14-6-4-3-5-7-14/h3-7,12-13,16H,2,8-11H2,1H3,(H,17,18). The Labute approximate surface area is 109 Å². The molecular weight excluding hydrogens is 224 g/mol. The van der Waals surface area contributed by atoms with Crippen molar-refractivity contribution in [3.63, 3.8) is 0 Å². The number of rotatable bonds is 7. The Balaban J connectivity index is 1.70. The highest BCUT2D eigenvalue weighted by Crippen LogP contribution is 2.33. The van der Waals surface area contributed by atoms with Crippen LogP contribution >= 0.6 is 0 Å². The van der Waals surface area contributed by atoms with Gasteiger partial charge in [-0.05, 0) is 30.9 Å². The van der Waals surface area contributed by atoms with Gasteiger partial charge in [0.15, 0.2) is 0 Å². The van der Waals surface area contributed by atoms with Gasteiger partial charge in [-0.3, -0.25) is 4.79 Å². The lowest BCUT2D eigenvalue weighted by Crippen LogP contribution is -2.36. The van der Waals surface area contributed by atoms with Crippen LogP contribution in [-0.2, 0) is 4.79 Å². The first-order chi connectivity index (χ1) is 8.78. The molecule has 0 aliphatic heterocycles. The van der Waals surface area contributed by atoms with Crippen LogP contribution in [0.3, 0.4) is 0 Å². The van der Waals surface area contributed by atoms with Crippen LogP contribution in [0.4, 0.5) is 5.69 Å². The third-order valence-electron chi connectivity index (χ3n) is 3.42. The summed E-state index contributed by atoms with van der Waals surface area (Å²) in [7, 11) is 0. The van der Waals surface area contributed by atoms with Crippen molar-refractivity contribution in [1.82, 2.24) is 5.32 Å². The van der Waals surface area contributed by atoms with Gasteiger partial charge in [0, 0.05) is 11.7 Å². The van der Waals surface area contributed by atoms with Gasteiger partial charge in [-0.15, -0.1) is 0 Å². The SMILES string of the molecule is CCC(CC1CC1)NCC(=O)Nc1ccccc1. The highest BCUT2D eigenvalue weighted by molar-refractivity contribution is 5.92. The maximum Gasteiger partial charge on any atom is 0.238 e. The number of hydrogen-bond acceptors (Lipinski definition) is 2. The number of nitrogens with one attached hydrogen (secondary N) is 2. The minimum Gasteiger partial charge on any atom is -0.325 e. The average Bonchev–Trinajstić information content (AvgIpc) is 3.19. The lowest BCUT2D eigenvalue weighted by molar-refractivity contribution is -0.115. The molecule has 3 nitrogen and oxygen atoms in total. The summed E-state index contributed by atoms with van der Waals surface area (Å²) in [5, 5.41) is 6.24. The van der Waals surface area contributed by atoms with Crippen molar-refractivity contribution < 1.29 is 4.79 Å². The summed E-state index contributed by atoms with van der Waals surface area (Å²) in [4.78, 5) is 11.8. The van der Waals surface area contributed by atoms with E-state index >= 15 is 0 Å². The van der Waals surface area contributed by atoms with E-state index in [1.165, 1.54) is 19.3 Å². The van der Waals surface area contributed by atoms with E-state index in [0.717, 1.165) is 18.0 Å². The molecule has 98 valence electrons. The van der Waals surface area contributed by atoms with Crippen molar-refractivity contribution in [2.45, 2.75) is 38.6 Å². The molecule has 1 aromatic rings. The summed E-state index contributed by atoms with van der Waals surface area (Å²) in [6.45, 7) is 2.58. The van der Waals surface area contributed by atoms with E-state index in [1.807, 2.05) is 30.3 Å². The minimum atomic E-state index is 0.0375. The lowest BCUT2D eigenvalue weighted by atomic mass is 10.1. The maximum absolute atomic E-state index is 11.8. The number of benzene rings is 1. The zero-order valence-electron chi connectivity index (χ0n) is 11.0. The molecule has 18 heavy (non-hydrogen) atoms. The number of anilines is 1. The Bertz CT molecular complexity index is 373. The van der Waals surface area contributed by atoms with E-state index in [0.29, 0.717) is 12.6 Å². The monoisotopic (exact) mass is 246 g/mol. The van der Waals surface area contributed by atoms with Gasteiger partial charge in [-0.2, -0.15) is 0 Å². The molecule has 3 heteroatoms. The van der Waals surface area contributed by atoms with E-state index in [1.54, 1.807) is 0 Å². The van der Waals surface area contributed by atoms with E-state index in [4.69, 9.17) is 0 Å². The van der Waals surface area contributed by atoms with Gasteiger partial charge in [0.2, 0.25) is 5.91 Å². The first-order valence-corrected chi connectivity index (χ1v) is 6.86. The zero-order chi connectivity index (χ0) is 12.8. The fourth-order valence-electron chi connectivity index (χ4n) is 2.11. The molecule has 2 rings (SSSR count). The van der Waals surface area contributed by atoms with Gasteiger partial charge in [0.25, 0.3) is 0 Å². The van der Waals surface area contributed by atoms with Crippen LogP contribution in [0.1, 0.15) is 32.6 Å². The number of carbonyl (C=O) groups excluding carboxylic acids is 1. The second-order valence-corrected chi connectivity index (χ2v) is 5.08. The predicted octanol–water partition coefficient (Wildman–Crippen LogP) is 2.79. The lowest BCUT2D eigenvalue weighted by Gasteiger charge is -2.16. The Hall–Kier alpha value is -1.35. The number of carbonyl (C=O) groups is 1. The van der Waals surface area contributed by atoms with Gasteiger partial charge in [0.05, 0.1) is 6.54 Å². The zero-order valence-corrected chi connectivity index (χ0v) is 11.0. The molecule has 1 aliphatic carbocycles. The molecule has 1 aromatic carbocycles. The van der Waals surface area contributed by atoms with Gasteiger partial charge < -0.3 is 10.6 Å². The normalized spacial score (nSPS) is 16.3. The topological polar surface area (TPSA) is 41.1 Å². The van der Waals surface area contributed by atoms with Crippen LogP contribution in [-0.4, -0.2) is 18.5 Å². The molecule has 0 radical (unpaired) electrons. The van der Waals surface area contributed by atoms with Crippen LogP contribution in [0, 0.1) is 5.92 Å². The van der Waals surface area contributed by atoms with Crippen LogP contribution in [0.15, 0.2) is 30.3 Å². The van der Waals surface area contributed by atoms with Gasteiger partial charge in [0.1, 0.15) is 0 Å². The first kappa shape index (κ1) is 13.1. The minimum absolute atomic E-state index is 0.0375. The fourth-order valence-corrected chi connectivity index (χ4v) is 2.11. The second-order valence-electron chi connectivity index (χ2n) is 5.08. The molecule has 0 bridgehead atoms. The Morgan fingerprint density at radius 3 is 2.67 bits per heavy atom. The van der Waals surface area contributed by atoms with Crippen LogP contribution in [0.2, 0.25) is 0 Å². The molecular formula is C15H22N2O.